The zero-order valence-corrected chi connectivity index (χ0v) is 14.6. The second-order valence-electron chi connectivity index (χ2n) is 5.96. The summed E-state index contributed by atoms with van der Waals surface area (Å²) < 4.78 is 0. The number of amides is 1. The van der Waals surface area contributed by atoms with Crippen LogP contribution in [0.15, 0.2) is 58.7 Å². The summed E-state index contributed by atoms with van der Waals surface area (Å²) in [5, 5.41) is 5.75. The Bertz CT molecular complexity index is 1110. The molecule has 0 spiro atoms. The van der Waals surface area contributed by atoms with Crippen LogP contribution in [-0.2, 0) is 17.6 Å². The van der Waals surface area contributed by atoms with Crippen LogP contribution >= 0.6 is 11.3 Å². The van der Waals surface area contributed by atoms with E-state index in [0.717, 1.165) is 17.1 Å². The molecular formula is C19H16N4O2S. The number of anilines is 1. The fourth-order valence-corrected chi connectivity index (χ4v) is 3.59. The first kappa shape index (κ1) is 16.3. The zero-order valence-electron chi connectivity index (χ0n) is 13.8. The fraction of sp³-hybridized carbons (Fsp3) is 0.105. The molecule has 1 amide bonds. The Balaban J connectivity index is 1.40. The largest absolute Gasteiger partial charge is 0.326 e. The number of imidazole rings is 1. The molecule has 4 aromatic rings. The first-order valence-corrected chi connectivity index (χ1v) is 9.03. The maximum absolute atomic E-state index is 12.3. The molecule has 0 saturated heterocycles. The van der Waals surface area contributed by atoms with Crippen molar-refractivity contribution in [3.05, 3.63) is 80.7 Å². The van der Waals surface area contributed by atoms with E-state index in [2.05, 4.69) is 32.4 Å². The minimum atomic E-state index is -0.267. The molecule has 0 atom stereocenters. The molecule has 6 nitrogen and oxygen atoms in total. The number of H-pyrrole nitrogens is 2. The van der Waals surface area contributed by atoms with Crippen molar-refractivity contribution in [1.82, 2.24) is 15.0 Å². The van der Waals surface area contributed by atoms with E-state index >= 15 is 0 Å². The van der Waals surface area contributed by atoms with Crippen molar-refractivity contribution in [2.45, 2.75) is 12.8 Å². The average Bonchev–Trinajstić information content (AvgIpc) is 3.20. The number of thiazole rings is 1. The summed E-state index contributed by atoms with van der Waals surface area (Å²) in [6.45, 7) is 0. The Kier molecular flexibility index (Phi) is 4.37. The van der Waals surface area contributed by atoms with E-state index in [1.165, 1.54) is 5.56 Å². The first-order valence-electron chi connectivity index (χ1n) is 8.15. The summed E-state index contributed by atoms with van der Waals surface area (Å²) >= 11 is 1.56. The van der Waals surface area contributed by atoms with E-state index in [-0.39, 0.29) is 18.0 Å². The smallest absolute Gasteiger partial charge is 0.323 e. The molecule has 0 saturated carbocycles. The number of rotatable bonds is 5. The van der Waals surface area contributed by atoms with Crippen molar-refractivity contribution in [2.75, 3.05) is 5.32 Å². The lowest BCUT2D eigenvalue weighted by molar-refractivity contribution is -0.115. The van der Waals surface area contributed by atoms with Gasteiger partial charge in [-0.05, 0) is 23.8 Å². The highest BCUT2D eigenvalue weighted by Crippen LogP contribution is 2.17. The Morgan fingerprint density at radius 3 is 2.73 bits per heavy atom. The van der Waals surface area contributed by atoms with Gasteiger partial charge in [-0.25, -0.2) is 9.78 Å². The lowest BCUT2D eigenvalue weighted by Crippen LogP contribution is -2.14. The minimum Gasteiger partial charge on any atom is -0.326 e. The molecule has 3 N–H and O–H groups in total. The number of benzene rings is 2. The van der Waals surface area contributed by atoms with Crippen molar-refractivity contribution in [1.29, 1.82) is 0 Å². The molecule has 130 valence electrons. The minimum absolute atomic E-state index is 0.140. The van der Waals surface area contributed by atoms with Gasteiger partial charge in [0.25, 0.3) is 0 Å². The fourth-order valence-electron chi connectivity index (χ4n) is 2.76. The molecule has 0 radical (unpaired) electrons. The standard InChI is InChI=1S/C19H16N4O2S/c24-17(20-13-6-7-15-16(9-13)23-19(25)22-15)10-14-11-26-18(21-14)8-12-4-2-1-3-5-12/h1-7,9,11H,8,10H2,(H,20,24)(H2,22,23,25). The molecular weight excluding hydrogens is 348 g/mol. The number of carbonyl (C=O) groups is 1. The molecule has 7 heteroatoms. The lowest BCUT2D eigenvalue weighted by Gasteiger charge is -2.04. The number of fused-ring (bicyclic) bond motifs is 1. The highest BCUT2D eigenvalue weighted by Gasteiger charge is 2.09. The third-order valence-corrected chi connectivity index (χ3v) is 4.84. The number of hydrogen-bond donors (Lipinski definition) is 3. The predicted molar refractivity (Wildman–Crippen MR) is 103 cm³/mol. The average molecular weight is 364 g/mol. The molecule has 0 unspecified atom stereocenters. The Morgan fingerprint density at radius 2 is 1.88 bits per heavy atom. The Hall–Kier alpha value is -3.19. The predicted octanol–water partition coefficient (Wildman–Crippen LogP) is 3.08. The second-order valence-corrected chi connectivity index (χ2v) is 6.90. The topological polar surface area (TPSA) is 90.6 Å². The summed E-state index contributed by atoms with van der Waals surface area (Å²) in [5.41, 5.74) is 3.69. The second kappa shape index (κ2) is 6.97. The van der Waals surface area contributed by atoms with E-state index in [0.29, 0.717) is 16.7 Å². The van der Waals surface area contributed by atoms with Crippen LogP contribution in [0.3, 0.4) is 0 Å². The number of carbonyl (C=O) groups excluding carboxylic acids is 1. The van der Waals surface area contributed by atoms with Gasteiger partial charge in [0.05, 0.1) is 28.2 Å². The normalized spacial score (nSPS) is 10.9. The molecule has 0 fully saturated rings. The number of nitrogens with one attached hydrogen (secondary N) is 3. The third-order valence-electron chi connectivity index (χ3n) is 3.94. The first-order chi connectivity index (χ1) is 12.7. The molecule has 2 aromatic heterocycles. The monoisotopic (exact) mass is 364 g/mol. The van der Waals surface area contributed by atoms with Gasteiger partial charge < -0.3 is 15.3 Å². The van der Waals surface area contributed by atoms with Gasteiger partial charge in [-0.1, -0.05) is 30.3 Å². The highest BCUT2D eigenvalue weighted by molar-refractivity contribution is 7.09. The van der Waals surface area contributed by atoms with Gasteiger partial charge in [0.15, 0.2) is 0 Å². The van der Waals surface area contributed by atoms with Gasteiger partial charge in [0, 0.05) is 17.5 Å². The van der Waals surface area contributed by atoms with Crippen LogP contribution in [0.1, 0.15) is 16.3 Å². The third kappa shape index (κ3) is 3.73. The lowest BCUT2D eigenvalue weighted by atomic mass is 10.2. The highest BCUT2D eigenvalue weighted by atomic mass is 32.1. The Labute approximate surface area is 152 Å². The quantitative estimate of drug-likeness (QED) is 0.508. The van der Waals surface area contributed by atoms with Crippen molar-refractivity contribution < 1.29 is 4.79 Å². The molecule has 2 aromatic carbocycles. The van der Waals surface area contributed by atoms with Gasteiger partial charge in [0.1, 0.15) is 0 Å². The Morgan fingerprint density at radius 1 is 1.08 bits per heavy atom. The van der Waals surface area contributed by atoms with Gasteiger partial charge in [0.2, 0.25) is 5.91 Å². The van der Waals surface area contributed by atoms with E-state index in [1.54, 1.807) is 29.5 Å². The van der Waals surface area contributed by atoms with E-state index < -0.39 is 0 Å². The molecule has 26 heavy (non-hydrogen) atoms. The van der Waals surface area contributed by atoms with Crippen molar-refractivity contribution >= 4 is 34.0 Å². The molecule has 2 heterocycles. The summed E-state index contributed by atoms with van der Waals surface area (Å²) in [7, 11) is 0. The van der Waals surface area contributed by atoms with Gasteiger partial charge >= 0.3 is 5.69 Å². The van der Waals surface area contributed by atoms with Crippen LogP contribution in [0.2, 0.25) is 0 Å². The van der Waals surface area contributed by atoms with Crippen molar-refractivity contribution in [3.8, 4) is 0 Å². The van der Waals surface area contributed by atoms with Gasteiger partial charge in [-0.2, -0.15) is 0 Å². The summed E-state index contributed by atoms with van der Waals surface area (Å²) in [6, 6.07) is 15.4. The maximum Gasteiger partial charge on any atom is 0.323 e. The number of hydrogen-bond acceptors (Lipinski definition) is 4. The van der Waals surface area contributed by atoms with Crippen LogP contribution in [0.4, 0.5) is 5.69 Å². The van der Waals surface area contributed by atoms with Crippen LogP contribution in [0.5, 0.6) is 0 Å². The van der Waals surface area contributed by atoms with Gasteiger partial charge in [-0.15, -0.1) is 11.3 Å². The van der Waals surface area contributed by atoms with Crippen molar-refractivity contribution in [2.24, 2.45) is 0 Å². The van der Waals surface area contributed by atoms with E-state index in [9.17, 15) is 9.59 Å². The number of nitrogens with zero attached hydrogens (tertiary/aromatic N) is 1. The van der Waals surface area contributed by atoms with Crippen LogP contribution < -0.4 is 11.0 Å². The summed E-state index contributed by atoms with van der Waals surface area (Å²) in [5.74, 6) is -0.140. The molecule has 0 bridgehead atoms. The molecule has 0 aliphatic heterocycles. The van der Waals surface area contributed by atoms with Crippen molar-refractivity contribution in [3.63, 3.8) is 0 Å². The molecule has 0 aliphatic carbocycles. The zero-order chi connectivity index (χ0) is 17.9. The van der Waals surface area contributed by atoms with Gasteiger partial charge in [-0.3, -0.25) is 4.79 Å². The maximum atomic E-state index is 12.3. The SMILES string of the molecule is O=C(Cc1csc(Cc2ccccc2)n1)Nc1ccc2[nH]c(=O)[nH]c2c1. The summed E-state index contributed by atoms with van der Waals surface area (Å²) in [6.07, 6.45) is 0.984. The van der Waals surface area contributed by atoms with E-state index in [1.807, 2.05) is 23.6 Å². The van der Waals surface area contributed by atoms with Crippen LogP contribution in [0.25, 0.3) is 11.0 Å². The van der Waals surface area contributed by atoms with Crippen LogP contribution in [0, 0.1) is 0 Å². The van der Waals surface area contributed by atoms with E-state index in [4.69, 9.17) is 0 Å². The number of aromatic nitrogens is 3. The summed E-state index contributed by atoms with van der Waals surface area (Å²) in [4.78, 5) is 33.4. The molecule has 0 aliphatic rings. The number of aromatic amines is 2. The van der Waals surface area contributed by atoms with Crippen LogP contribution in [-0.4, -0.2) is 20.9 Å². The molecule has 4 rings (SSSR count).